The van der Waals surface area contributed by atoms with E-state index in [0.717, 1.165) is 24.3 Å². The number of likely N-dealkylation sites (tertiary alicyclic amines) is 1. The van der Waals surface area contributed by atoms with Gasteiger partial charge >= 0.3 is 5.97 Å². The maximum absolute atomic E-state index is 12.6. The van der Waals surface area contributed by atoms with Crippen LogP contribution in [0.25, 0.3) is 0 Å². The Kier molecular flexibility index (Phi) is 6.15. The smallest absolute Gasteiger partial charge is 0.303 e. The second kappa shape index (κ2) is 8.10. The van der Waals surface area contributed by atoms with Gasteiger partial charge in [-0.15, -0.1) is 11.3 Å². The largest absolute Gasteiger partial charge is 0.481 e. The molecule has 1 aromatic heterocycles. The normalized spacial score (nSPS) is 17.8. The van der Waals surface area contributed by atoms with Crippen molar-refractivity contribution in [3.63, 3.8) is 0 Å². The molecule has 1 aromatic rings. The highest BCUT2D eigenvalue weighted by molar-refractivity contribution is 7.14. The SMILES string of the molecule is CC(=O)NCc1ccc(C(=O)N2CCC[C@H](CCC(=O)O)C2)s1. The molecule has 0 aliphatic carbocycles. The van der Waals surface area contributed by atoms with Gasteiger partial charge in [-0.2, -0.15) is 0 Å². The van der Waals surface area contributed by atoms with E-state index in [4.69, 9.17) is 5.11 Å². The molecule has 2 heterocycles. The van der Waals surface area contributed by atoms with E-state index in [1.165, 1.54) is 18.3 Å². The highest BCUT2D eigenvalue weighted by atomic mass is 32.1. The summed E-state index contributed by atoms with van der Waals surface area (Å²) in [6.07, 6.45) is 2.68. The zero-order chi connectivity index (χ0) is 16.8. The summed E-state index contributed by atoms with van der Waals surface area (Å²) in [6, 6.07) is 3.66. The molecule has 2 rings (SSSR count). The van der Waals surface area contributed by atoms with Crippen LogP contribution in [0.3, 0.4) is 0 Å². The molecule has 1 fully saturated rings. The fourth-order valence-electron chi connectivity index (χ4n) is 2.77. The van der Waals surface area contributed by atoms with Crippen LogP contribution in [0.15, 0.2) is 12.1 Å². The first kappa shape index (κ1) is 17.5. The number of rotatable bonds is 6. The van der Waals surface area contributed by atoms with E-state index in [-0.39, 0.29) is 24.2 Å². The minimum Gasteiger partial charge on any atom is -0.481 e. The van der Waals surface area contributed by atoms with Crippen molar-refractivity contribution < 1.29 is 19.5 Å². The molecule has 0 spiro atoms. The summed E-state index contributed by atoms with van der Waals surface area (Å²) in [4.78, 5) is 37.6. The second-order valence-electron chi connectivity index (χ2n) is 5.87. The Morgan fingerprint density at radius 2 is 2.17 bits per heavy atom. The lowest BCUT2D eigenvalue weighted by molar-refractivity contribution is -0.137. The van der Waals surface area contributed by atoms with Gasteiger partial charge in [0.1, 0.15) is 0 Å². The molecular formula is C16H22N2O4S. The molecule has 1 aliphatic rings. The van der Waals surface area contributed by atoms with E-state index in [2.05, 4.69) is 5.32 Å². The maximum Gasteiger partial charge on any atom is 0.303 e. The van der Waals surface area contributed by atoms with Gasteiger partial charge in [0, 0.05) is 31.3 Å². The standard InChI is InChI=1S/C16H22N2O4S/c1-11(19)17-9-13-5-6-14(23-13)16(22)18-8-2-3-12(10-18)4-7-15(20)21/h5-6,12H,2-4,7-10H2,1H3,(H,17,19)(H,20,21)/t12-/m1/s1. The predicted octanol–water partition coefficient (Wildman–Crippen LogP) is 2.10. The monoisotopic (exact) mass is 338 g/mol. The first-order chi connectivity index (χ1) is 11.0. The Morgan fingerprint density at radius 3 is 2.87 bits per heavy atom. The van der Waals surface area contributed by atoms with Gasteiger partial charge in [0.2, 0.25) is 5.91 Å². The highest BCUT2D eigenvalue weighted by Crippen LogP contribution is 2.25. The summed E-state index contributed by atoms with van der Waals surface area (Å²) < 4.78 is 0. The van der Waals surface area contributed by atoms with Crippen molar-refractivity contribution in [3.8, 4) is 0 Å². The van der Waals surface area contributed by atoms with Crippen LogP contribution in [0.1, 0.15) is 47.2 Å². The minimum absolute atomic E-state index is 0.00380. The van der Waals surface area contributed by atoms with Crippen LogP contribution in [-0.2, 0) is 16.1 Å². The second-order valence-corrected chi connectivity index (χ2v) is 7.04. The molecule has 0 unspecified atom stereocenters. The van der Waals surface area contributed by atoms with E-state index in [1.807, 2.05) is 11.0 Å². The molecule has 1 atom stereocenters. The van der Waals surface area contributed by atoms with E-state index in [9.17, 15) is 14.4 Å². The number of amides is 2. The van der Waals surface area contributed by atoms with Crippen molar-refractivity contribution in [1.82, 2.24) is 10.2 Å². The van der Waals surface area contributed by atoms with Crippen molar-refractivity contribution in [3.05, 3.63) is 21.9 Å². The molecule has 23 heavy (non-hydrogen) atoms. The molecule has 1 saturated heterocycles. The lowest BCUT2D eigenvalue weighted by atomic mass is 9.93. The molecule has 7 heteroatoms. The zero-order valence-corrected chi connectivity index (χ0v) is 14.0. The van der Waals surface area contributed by atoms with Crippen LogP contribution >= 0.6 is 11.3 Å². The molecule has 1 aliphatic heterocycles. The fraction of sp³-hybridized carbons (Fsp3) is 0.562. The number of nitrogens with zero attached hydrogens (tertiary/aromatic N) is 1. The fourth-order valence-corrected chi connectivity index (χ4v) is 3.68. The molecule has 0 saturated carbocycles. The summed E-state index contributed by atoms with van der Waals surface area (Å²) >= 11 is 1.40. The first-order valence-electron chi connectivity index (χ1n) is 7.80. The number of carbonyl (C=O) groups is 3. The third-order valence-corrected chi connectivity index (χ3v) is 5.03. The third-order valence-electron chi connectivity index (χ3n) is 3.96. The van der Waals surface area contributed by atoms with Crippen LogP contribution in [-0.4, -0.2) is 40.9 Å². The Balaban J connectivity index is 1.91. The average molecular weight is 338 g/mol. The van der Waals surface area contributed by atoms with Gasteiger partial charge in [-0.3, -0.25) is 14.4 Å². The topological polar surface area (TPSA) is 86.7 Å². The van der Waals surface area contributed by atoms with Crippen molar-refractivity contribution in [2.45, 2.75) is 39.2 Å². The Bertz CT molecular complexity index is 584. The van der Waals surface area contributed by atoms with Gasteiger partial charge in [-0.25, -0.2) is 0 Å². The molecule has 0 radical (unpaired) electrons. The van der Waals surface area contributed by atoms with Gasteiger partial charge in [0.25, 0.3) is 5.91 Å². The summed E-state index contributed by atoms with van der Waals surface area (Å²) in [5.41, 5.74) is 0. The van der Waals surface area contributed by atoms with Crippen molar-refractivity contribution >= 4 is 29.1 Å². The summed E-state index contributed by atoms with van der Waals surface area (Å²) in [6.45, 7) is 3.26. The number of hydrogen-bond donors (Lipinski definition) is 2. The number of aliphatic carboxylic acids is 1. The van der Waals surface area contributed by atoms with E-state index < -0.39 is 5.97 Å². The number of nitrogens with one attached hydrogen (secondary N) is 1. The Hall–Kier alpha value is -1.89. The lowest BCUT2D eigenvalue weighted by Gasteiger charge is -2.32. The van der Waals surface area contributed by atoms with Gasteiger partial charge in [0.05, 0.1) is 11.4 Å². The quantitative estimate of drug-likeness (QED) is 0.831. The van der Waals surface area contributed by atoms with Crippen LogP contribution in [0, 0.1) is 5.92 Å². The summed E-state index contributed by atoms with van der Waals surface area (Å²) in [5.74, 6) is -0.607. The van der Waals surface area contributed by atoms with Crippen molar-refractivity contribution in [2.75, 3.05) is 13.1 Å². The molecule has 0 bridgehead atoms. The van der Waals surface area contributed by atoms with Crippen LogP contribution in [0.2, 0.25) is 0 Å². The zero-order valence-electron chi connectivity index (χ0n) is 13.2. The van der Waals surface area contributed by atoms with Gasteiger partial charge in [-0.1, -0.05) is 0 Å². The molecule has 2 N–H and O–H groups in total. The molecule has 126 valence electrons. The number of carboxylic acids is 1. The Morgan fingerprint density at radius 1 is 1.39 bits per heavy atom. The maximum atomic E-state index is 12.6. The number of thiophene rings is 1. The van der Waals surface area contributed by atoms with Gasteiger partial charge in [0.15, 0.2) is 0 Å². The lowest BCUT2D eigenvalue weighted by Crippen LogP contribution is -2.39. The summed E-state index contributed by atoms with van der Waals surface area (Å²) in [5, 5.41) is 11.5. The van der Waals surface area contributed by atoms with Gasteiger partial charge in [-0.05, 0) is 37.3 Å². The highest BCUT2D eigenvalue weighted by Gasteiger charge is 2.25. The van der Waals surface area contributed by atoms with Gasteiger partial charge < -0.3 is 15.3 Å². The van der Waals surface area contributed by atoms with Crippen molar-refractivity contribution in [1.29, 1.82) is 0 Å². The van der Waals surface area contributed by atoms with Crippen LogP contribution in [0.5, 0.6) is 0 Å². The number of piperidine rings is 1. The third kappa shape index (κ3) is 5.35. The van der Waals surface area contributed by atoms with E-state index in [0.29, 0.717) is 24.4 Å². The predicted molar refractivity (Wildman–Crippen MR) is 87.3 cm³/mol. The average Bonchev–Trinajstić information content (AvgIpc) is 2.99. The number of hydrogen-bond acceptors (Lipinski definition) is 4. The van der Waals surface area contributed by atoms with Crippen molar-refractivity contribution in [2.24, 2.45) is 5.92 Å². The Labute approximate surface area is 139 Å². The molecule has 6 nitrogen and oxygen atoms in total. The van der Waals surface area contributed by atoms with Crippen LogP contribution in [0.4, 0.5) is 0 Å². The number of carbonyl (C=O) groups excluding carboxylic acids is 2. The van der Waals surface area contributed by atoms with E-state index in [1.54, 1.807) is 6.07 Å². The van der Waals surface area contributed by atoms with Crippen LogP contribution < -0.4 is 5.32 Å². The molecule has 2 amide bonds. The first-order valence-corrected chi connectivity index (χ1v) is 8.61. The number of carboxylic acid groups (broad SMARTS) is 1. The minimum atomic E-state index is -0.783. The molecule has 0 aromatic carbocycles. The summed E-state index contributed by atoms with van der Waals surface area (Å²) in [7, 11) is 0. The molecular weight excluding hydrogens is 316 g/mol. The van der Waals surface area contributed by atoms with E-state index >= 15 is 0 Å².